The molecule has 208 valence electrons. The molecule has 0 heterocycles. The van der Waals surface area contributed by atoms with Gasteiger partial charge in [-0.3, -0.25) is 9.59 Å². The molecule has 2 amide bonds. The third kappa shape index (κ3) is 7.69. The van der Waals surface area contributed by atoms with Crippen molar-refractivity contribution >= 4 is 50.9 Å². The molecule has 0 saturated heterocycles. The molecule has 8 nitrogen and oxygen atoms in total. The van der Waals surface area contributed by atoms with E-state index in [9.17, 15) is 22.4 Å². The average molecular weight is 596 g/mol. The maximum absolute atomic E-state index is 14.0. The molecule has 3 aromatic carbocycles. The number of anilines is 1. The molecular weight excluding hydrogens is 566 g/mol. The van der Waals surface area contributed by atoms with Gasteiger partial charge in [-0.15, -0.1) is 0 Å². The van der Waals surface area contributed by atoms with Crippen molar-refractivity contribution in [1.82, 2.24) is 14.5 Å². The van der Waals surface area contributed by atoms with Crippen LogP contribution < -0.4 is 9.62 Å². The third-order valence-corrected chi connectivity index (χ3v) is 8.55. The van der Waals surface area contributed by atoms with E-state index in [1.54, 1.807) is 18.2 Å². The first-order valence-electron chi connectivity index (χ1n) is 11.9. The van der Waals surface area contributed by atoms with Gasteiger partial charge in [-0.25, -0.2) is 8.70 Å². The third-order valence-electron chi connectivity index (χ3n) is 5.99. The van der Waals surface area contributed by atoms with Crippen LogP contribution in [0.15, 0.2) is 72.8 Å². The van der Waals surface area contributed by atoms with Crippen molar-refractivity contribution in [2.24, 2.45) is 0 Å². The Hall–Kier alpha value is -3.18. The normalized spacial score (nSPS) is 12.2. The summed E-state index contributed by atoms with van der Waals surface area (Å²) in [6, 6.07) is 17.7. The Labute approximate surface area is 238 Å². The average Bonchev–Trinajstić information content (AvgIpc) is 2.91. The summed E-state index contributed by atoms with van der Waals surface area (Å²) < 4.78 is 41.9. The van der Waals surface area contributed by atoms with Crippen LogP contribution in [0, 0.1) is 5.82 Å². The van der Waals surface area contributed by atoms with Crippen molar-refractivity contribution in [3.05, 3.63) is 99.8 Å². The summed E-state index contributed by atoms with van der Waals surface area (Å²) in [7, 11) is -0.0578. The highest BCUT2D eigenvalue weighted by Crippen LogP contribution is 2.25. The number of carbonyl (C=O) groups excluding carboxylic acids is 2. The molecule has 1 atom stereocenters. The lowest BCUT2D eigenvalue weighted by Gasteiger charge is -2.34. The molecule has 0 aromatic heterocycles. The van der Waals surface area contributed by atoms with Crippen molar-refractivity contribution in [3.8, 4) is 0 Å². The zero-order valence-corrected chi connectivity index (χ0v) is 24.0. The number of halogens is 3. The van der Waals surface area contributed by atoms with Crippen LogP contribution in [0.25, 0.3) is 0 Å². The van der Waals surface area contributed by atoms with Gasteiger partial charge in [0.05, 0.1) is 15.7 Å². The highest BCUT2D eigenvalue weighted by atomic mass is 35.5. The summed E-state index contributed by atoms with van der Waals surface area (Å²) in [6.45, 7) is -0.699. The first-order chi connectivity index (χ1) is 18.4. The van der Waals surface area contributed by atoms with E-state index < -0.39 is 40.4 Å². The SMILES string of the molecule is CNC(=O)C(Cc1ccccc1)N(Cc1ccc(Cl)c(Cl)c1)C(=O)CN(c1ccc(F)cc1)S(=O)(=O)N(C)C. The fourth-order valence-electron chi connectivity index (χ4n) is 3.88. The van der Waals surface area contributed by atoms with Gasteiger partial charge >= 0.3 is 10.2 Å². The van der Waals surface area contributed by atoms with E-state index in [0.717, 1.165) is 26.3 Å². The first kappa shape index (κ1) is 30.4. The molecule has 0 aliphatic heterocycles. The zero-order valence-electron chi connectivity index (χ0n) is 21.6. The molecule has 1 N–H and O–H groups in total. The predicted octanol–water partition coefficient (Wildman–Crippen LogP) is 4.13. The lowest BCUT2D eigenvalue weighted by molar-refractivity contribution is -0.139. The van der Waals surface area contributed by atoms with Gasteiger partial charge in [0.2, 0.25) is 11.8 Å². The molecule has 0 fully saturated rings. The zero-order chi connectivity index (χ0) is 28.7. The van der Waals surface area contributed by atoms with Gasteiger partial charge in [0.1, 0.15) is 18.4 Å². The molecule has 0 bridgehead atoms. The minimum atomic E-state index is -4.17. The number of hydrogen-bond donors (Lipinski definition) is 1. The van der Waals surface area contributed by atoms with E-state index in [1.165, 1.54) is 38.2 Å². The maximum Gasteiger partial charge on any atom is 0.304 e. The summed E-state index contributed by atoms with van der Waals surface area (Å²) in [5, 5.41) is 3.20. The summed E-state index contributed by atoms with van der Waals surface area (Å²) in [4.78, 5) is 28.4. The minimum Gasteiger partial charge on any atom is -0.357 e. The summed E-state index contributed by atoms with van der Waals surface area (Å²) in [5.74, 6) is -1.65. The number of carbonyl (C=O) groups is 2. The summed E-state index contributed by atoms with van der Waals surface area (Å²) in [5.41, 5.74) is 1.48. The number of hydrogen-bond acceptors (Lipinski definition) is 4. The van der Waals surface area contributed by atoms with Crippen molar-refractivity contribution in [1.29, 1.82) is 0 Å². The van der Waals surface area contributed by atoms with Gasteiger partial charge < -0.3 is 10.2 Å². The topological polar surface area (TPSA) is 90.0 Å². The number of nitrogens with zero attached hydrogens (tertiary/aromatic N) is 3. The maximum atomic E-state index is 14.0. The monoisotopic (exact) mass is 594 g/mol. The lowest BCUT2D eigenvalue weighted by Crippen LogP contribution is -2.53. The van der Waals surface area contributed by atoms with Crippen LogP contribution in [-0.2, 0) is 32.8 Å². The van der Waals surface area contributed by atoms with Gasteiger partial charge in [0, 0.05) is 34.1 Å². The van der Waals surface area contributed by atoms with Gasteiger partial charge in [0.15, 0.2) is 0 Å². The standard InChI is InChI=1S/C27H29Cl2FN4O4S/c1-31-27(36)25(16-19-7-5-4-6-8-19)33(17-20-9-14-23(28)24(29)15-20)26(35)18-34(39(37,38)32(2)3)22-12-10-21(30)11-13-22/h4-15,25H,16-18H2,1-3H3,(H,31,36). The van der Waals surface area contributed by atoms with E-state index >= 15 is 0 Å². The largest absolute Gasteiger partial charge is 0.357 e. The number of benzene rings is 3. The van der Waals surface area contributed by atoms with Gasteiger partial charge in [-0.05, 0) is 47.5 Å². The molecule has 39 heavy (non-hydrogen) atoms. The molecule has 1 unspecified atom stereocenters. The fraction of sp³-hybridized carbons (Fsp3) is 0.259. The van der Waals surface area contributed by atoms with Gasteiger partial charge in [-0.1, -0.05) is 59.6 Å². The quantitative estimate of drug-likeness (QED) is 0.361. The van der Waals surface area contributed by atoms with Gasteiger partial charge in [0.25, 0.3) is 0 Å². The van der Waals surface area contributed by atoms with Crippen molar-refractivity contribution < 1.29 is 22.4 Å². The van der Waals surface area contributed by atoms with Crippen molar-refractivity contribution in [2.75, 3.05) is 32.0 Å². The Bertz CT molecular complexity index is 1410. The highest BCUT2D eigenvalue weighted by Gasteiger charge is 2.34. The second-order valence-corrected chi connectivity index (χ2v) is 11.7. The Morgan fingerprint density at radius 1 is 0.923 bits per heavy atom. The Balaban J connectivity index is 2.07. The lowest BCUT2D eigenvalue weighted by atomic mass is 10.0. The van der Waals surface area contributed by atoms with Crippen LogP contribution in [0.5, 0.6) is 0 Å². The molecule has 3 aromatic rings. The smallest absolute Gasteiger partial charge is 0.304 e. The molecule has 0 aliphatic rings. The Morgan fingerprint density at radius 2 is 1.56 bits per heavy atom. The van der Waals surface area contributed by atoms with E-state index in [2.05, 4.69) is 5.32 Å². The number of amides is 2. The van der Waals surface area contributed by atoms with Crippen LogP contribution in [0.2, 0.25) is 10.0 Å². The molecular formula is C27H29Cl2FN4O4S. The molecule has 3 rings (SSSR count). The Morgan fingerprint density at radius 3 is 2.13 bits per heavy atom. The predicted molar refractivity (Wildman–Crippen MR) is 151 cm³/mol. The van der Waals surface area contributed by atoms with Gasteiger partial charge in [-0.2, -0.15) is 12.7 Å². The first-order valence-corrected chi connectivity index (χ1v) is 14.0. The van der Waals surface area contributed by atoms with Crippen LogP contribution in [-0.4, -0.2) is 63.2 Å². The van der Waals surface area contributed by atoms with E-state index in [0.29, 0.717) is 10.6 Å². The molecule has 0 aliphatic carbocycles. The minimum absolute atomic E-state index is 0.0556. The molecule has 12 heteroatoms. The summed E-state index contributed by atoms with van der Waals surface area (Å²) in [6.07, 6.45) is 0.171. The molecule has 0 radical (unpaired) electrons. The number of nitrogens with one attached hydrogen (secondary N) is 1. The Kier molecular flexibility index (Phi) is 10.3. The number of rotatable bonds is 11. The van der Waals surface area contributed by atoms with Crippen LogP contribution in [0.4, 0.5) is 10.1 Å². The van der Waals surface area contributed by atoms with E-state index in [-0.39, 0.29) is 23.7 Å². The second kappa shape index (κ2) is 13.3. The molecule has 0 spiro atoms. The second-order valence-electron chi connectivity index (χ2n) is 8.86. The number of likely N-dealkylation sites (N-methyl/N-ethyl adjacent to an activating group) is 1. The van der Waals surface area contributed by atoms with Crippen LogP contribution in [0.3, 0.4) is 0 Å². The van der Waals surface area contributed by atoms with Crippen molar-refractivity contribution in [3.63, 3.8) is 0 Å². The van der Waals surface area contributed by atoms with Crippen LogP contribution >= 0.6 is 23.2 Å². The molecule has 0 saturated carbocycles. The summed E-state index contributed by atoms with van der Waals surface area (Å²) >= 11 is 12.3. The van der Waals surface area contributed by atoms with E-state index in [4.69, 9.17) is 23.2 Å². The van der Waals surface area contributed by atoms with E-state index in [1.807, 2.05) is 30.3 Å². The van der Waals surface area contributed by atoms with Crippen LogP contribution in [0.1, 0.15) is 11.1 Å². The van der Waals surface area contributed by atoms with Crippen molar-refractivity contribution in [2.45, 2.75) is 19.0 Å². The highest BCUT2D eigenvalue weighted by molar-refractivity contribution is 7.90. The fourth-order valence-corrected chi connectivity index (χ4v) is 5.26.